The van der Waals surface area contributed by atoms with Gasteiger partial charge in [0.05, 0.1) is 11.7 Å². The molecule has 3 nitrogen and oxygen atoms in total. The maximum Gasteiger partial charge on any atom is 0.223 e. The van der Waals surface area contributed by atoms with Gasteiger partial charge in [-0.05, 0) is 25.0 Å². The van der Waals surface area contributed by atoms with Crippen LogP contribution in [0.15, 0.2) is 18.2 Å². The summed E-state index contributed by atoms with van der Waals surface area (Å²) in [6, 6.07) is 5.93. The number of carbonyl (C=O) groups is 1. The molecule has 1 rings (SSSR count). The van der Waals surface area contributed by atoms with Crippen LogP contribution in [-0.4, -0.2) is 10.9 Å². The van der Waals surface area contributed by atoms with Gasteiger partial charge in [0.15, 0.2) is 0 Å². The predicted molar refractivity (Wildman–Crippen MR) is 69.7 cm³/mol. The lowest BCUT2D eigenvalue weighted by Crippen LogP contribution is -2.30. The van der Waals surface area contributed by atoms with E-state index in [9.17, 15) is 4.79 Å². The number of rotatable bonds is 4. The summed E-state index contributed by atoms with van der Waals surface area (Å²) >= 11 is 0. The highest BCUT2D eigenvalue weighted by Gasteiger charge is 2.14. The SMILES string of the molecule is CC(C)C(=O)NC(C)c1cccc(C(C)C)n1. The van der Waals surface area contributed by atoms with Gasteiger partial charge in [0, 0.05) is 11.6 Å². The molecular formula is C14H22N2O. The minimum atomic E-state index is -0.0383. The fourth-order valence-corrected chi connectivity index (χ4v) is 1.49. The van der Waals surface area contributed by atoms with Crippen molar-refractivity contribution in [2.24, 2.45) is 5.92 Å². The Labute approximate surface area is 104 Å². The van der Waals surface area contributed by atoms with Crippen LogP contribution in [0.2, 0.25) is 0 Å². The van der Waals surface area contributed by atoms with Crippen LogP contribution in [0.1, 0.15) is 58.0 Å². The number of pyridine rings is 1. The molecule has 0 saturated carbocycles. The van der Waals surface area contributed by atoms with Gasteiger partial charge in [-0.1, -0.05) is 33.8 Å². The number of amides is 1. The highest BCUT2D eigenvalue weighted by Crippen LogP contribution is 2.16. The Kier molecular flexibility index (Phi) is 4.67. The van der Waals surface area contributed by atoms with E-state index >= 15 is 0 Å². The van der Waals surface area contributed by atoms with Crippen molar-refractivity contribution >= 4 is 5.91 Å². The fraction of sp³-hybridized carbons (Fsp3) is 0.571. The Morgan fingerprint density at radius 1 is 1.12 bits per heavy atom. The normalized spacial score (nSPS) is 12.9. The molecule has 3 heteroatoms. The average molecular weight is 234 g/mol. The lowest BCUT2D eigenvalue weighted by atomic mass is 10.1. The second-order valence-corrected chi connectivity index (χ2v) is 5.03. The molecule has 1 aromatic rings. The Hall–Kier alpha value is -1.38. The Bertz CT molecular complexity index is 386. The van der Waals surface area contributed by atoms with Gasteiger partial charge in [-0.3, -0.25) is 9.78 Å². The topological polar surface area (TPSA) is 42.0 Å². The molecule has 0 saturated heterocycles. The Balaban J connectivity index is 2.78. The molecule has 0 aliphatic heterocycles. The highest BCUT2D eigenvalue weighted by atomic mass is 16.1. The van der Waals surface area contributed by atoms with Crippen molar-refractivity contribution in [3.8, 4) is 0 Å². The number of aromatic nitrogens is 1. The summed E-state index contributed by atoms with van der Waals surface area (Å²) < 4.78 is 0. The van der Waals surface area contributed by atoms with E-state index in [1.165, 1.54) is 0 Å². The Morgan fingerprint density at radius 3 is 2.24 bits per heavy atom. The monoisotopic (exact) mass is 234 g/mol. The predicted octanol–water partition coefficient (Wildman–Crippen LogP) is 3.04. The van der Waals surface area contributed by atoms with E-state index < -0.39 is 0 Å². The van der Waals surface area contributed by atoms with Crippen LogP contribution in [0.3, 0.4) is 0 Å². The molecule has 94 valence electrons. The summed E-state index contributed by atoms with van der Waals surface area (Å²) in [6.45, 7) is 9.97. The summed E-state index contributed by atoms with van der Waals surface area (Å²) in [5.74, 6) is 0.475. The first-order valence-electron chi connectivity index (χ1n) is 6.19. The number of carbonyl (C=O) groups excluding carboxylic acids is 1. The smallest absolute Gasteiger partial charge is 0.223 e. The summed E-state index contributed by atoms with van der Waals surface area (Å²) in [5.41, 5.74) is 1.98. The van der Waals surface area contributed by atoms with Crippen molar-refractivity contribution in [1.82, 2.24) is 10.3 Å². The third-order valence-electron chi connectivity index (χ3n) is 2.71. The summed E-state index contributed by atoms with van der Waals surface area (Å²) in [4.78, 5) is 16.2. The maximum atomic E-state index is 11.6. The van der Waals surface area contributed by atoms with E-state index in [0.29, 0.717) is 5.92 Å². The maximum absolute atomic E-state index is 11.6. The van der Waals surface area contributed by atoms with Gasteiger partial charge >= 0.3 is 0 Å². The molecule has 0 aromatic carbocycles. The average Bonchev–Trinajstić information content (AvgIpc) is 2.28. The Morgan fingerprint density at radius 2 is 1.71 bits per heavy atom. The molecule has 1 atom stereocenters. The van der Waals surface area contributed by atoms with Crippen LogP contribution in [0.25, 0.3) is 0 Å². The van der Waals surface area contributed by atoms with E-state index in [2.05, 4.69) is 24.1 Å². The molecule has 1 amide bonds. The molecule has 0 radical (unpaired) electrons. The molecule has 0 aliphatic rings. The van der Waals surface area contributed by atoms with E-state index in [-0.39, 0.29) is 17.9 Å². The molecule has 0 bridgehead atoms. The second kappa shape index (κ2) is 5.80. The van der Waals surface area contributed by atoms with Gasteiger partial charge in [0.2, 0.25) is 5.91 Å². The number of nitrogens with one attached hydrogen (secondary N) is 1. The van der Waals surface area contributed by atoms with Crippen molar-refractivity contribution < 1.29 is 4.79 Å². The molecule has 0 spiro atoms. The molecule has 1 N–H and O–H groups in total. The zero-order valence-electron chi connectivity index (χ0n) is 11.3. The third-order valence-corrected chi connectivity index (χ3v) is 2.71. The molecule has 1 aromatic heterocycles. The van der Waals surface area contributed by atoms with Crippen molar-refractivity contribution in [2.45, 2.75) is 46.6 Å². The molecule has 0 aliphatic carbocycles. The first-order valence-corrected chi connectivity index (χ1v) is 6.19. The molecule has 1 heterocycles. The van der Waals surface area contributed by atoms with Crippen LogP contribution in [0.4, 0.5) is 0 Å². The molecule has 0 fully saturated rings. The lowest BCUT2D eigenvalue weighted by Gasteiger charge is -2.16. The minimum absolute atomic E-state index is 0.00531. The first kappa shape index (κ1) is 13.7. The van der Waals surface area contributed by atoms with Crippen LogP contribution in [0, 0.1) is 5.92 Å². The fourth-order valence-electron chi connectivity index (χ4n) is 1.49. The second-order valence-electron chi connectivity index (χ2n) is 5.03. The number of hydrogen-bond acceptors (Lipinski definition) is 2. The summed E-state index contributed by atoms with van der Waals surface area (Å²) in [7, 11) is 0. The van der Waals surface area contributed by atoms with Crippen molar-refractivity contribution in [3.05, 3.63) is 29.6 Å². The zero-order chi connectivity index (χ0) is 13.0. The van der Waals surface area contributed by atoms with Crippen molar-refractivity contribution in [2.75, 3.05) is 0 Å². The van der Waals surface area contributed by atoms with Crippen molar-refractivity contribution in [1.29, 1.82) is 0 Å². The van der Waals surface area contributed by atoms with E-state index in [4.69, 9.17) is 0 Å². The van der Waals surface area contributed by atoms with Gasteiger partial charge in [-0.2, -0.15) is 0 Å². The standard InChI is InChI=1S/C14H22N2O/c1-9(2)12-7-6-8-13(16-12)11(5)15-14(17)10(3)4/h6-11H,1-5H3,(H,15,17). The summed E-state index contributed by atoms with van der Waals surface area (Å²) in [6.07, 6.45) is 0. The molecule has 1 unspecified atom stereocenters. The van der Waals surface area contributed by atoms with Gasteiger partial charge in [0.1, 0.15) is 0 Å². The number of nitrogens with zero attached hydrogens (tertiary/aromatic N) is 1. The van der Waals surface area contributed by atoms with Gasteiger partial charge < -0.3 is 5.32 Å². The van der Waals surface area contributed by atoms with Gasteiger partial charge in [-0.25, -0.2) is 0 Å². The zero-order valence-corrected chi connectivity index (χ0v) is 11.3. The van der Waals surface area contributed by atoms with Crippen LogP contribution >= 0.6 is 0 Å². The molecule has 17 heavy (non-hydrogen) atoms. The van der Waals surface area contributed by atoms with Crippen LogP contribution in [0.5, 0.6) is 0 Å². The van der Waals surface area contributed by atoms with Crippen LogP contribution in [-0.2, 0) is 4.79 Å². The lowest BCUT2D eigenvalue weighted by molar-refractivity contribution is -0.124. The largest absolute Gasteiger partial charge is 0.348 e. The van der Waals surface area contributed by atoms with Gasteiger partial charge in [-0.15, -0.1) is 0 Å². The van der Waals surface area contributed by atoms with Crippen LogP contribution < -0.4 is 5.32 Å². The van der Waals surface area contributed by atoms with E-state index in [1.54, 1.807) is 0 Å². The van der Waals surface area contributed by atoms with E-state index in [0.717, 1.165) is 11.4 Å². The number of hydrogen-bond donors (Lipinski definition) is 1. The quantitative estimate of drug-likeness (QED) is 0.870. The third kappa shape index (κ3) is 3.84. The van der Waals surface area contributed by atoms with Crippen molar-refractivity contribution in [3.63, 3.8) is 0 Å². The summed E-state index contributed by atoms with van der Waals surface area (Å²) in [5, 5.41) is 2.96. The van der Waals surface area contributed by atoms with Gasteiger partial charge in [0.25, 0.3) is 0 Å². The first-order chi connectivity index (χ1) is 7.91. The highest BCUT2D eigenvalue weighted by molar-refractivity contribution is 5.78. The van der Waals surface area contributed by atoms with E-state index in [1.807, 2.05) is 39.0 Å². The molecular weight excluding hydrogens is 212 g/mol. The minimum Gasteiger partial charge on any atom is -0.348 e.